The monoisotopic (exact) mass is 268 g/mol. The molecular formula is C16H32N2O. The molecule has 2 N–H and O–H groups in total. The van der Waals surface area contributed by atoms with Gasteiger partial charge in [0, 0.05) is 6.54 Å². The van der Waals surface area contributed by atoms with Crippen molar-refractivity contribution in [2.75, 3.05) is 13.1 Å². The first-order valence-electron chi connectivity index (χ1n) is 8.14. The third kappa shape index (κ3) is 6.95. The van der Waals surface area contributed by atoms with Crippen molar-refractivity contribution < 1.29 is 4.79 Å². The van der Waals surface area contributed by atoms with Gasteiger partial charge < -0.3 is 10.6 Å². The molecule has 3 heteroatoms. The number of carbonyl (C=O) groups is 1. The van der Waals surface area contributed by atoms with Gasteiger partial charge >= 0.3 is 0 Å². The molecule has 1 fully saturated rings. The molecule has 1 atom stereocenters. The Bertz CT molecular complexity index is 247. The molecule has 0 spiro atoms. The van der Waals surface area contributed by atoms with E-state index in [1.807, 2.05) is 6.92 Å². The molecule has 1 aliphatic carbocycles. The third-order valence-electron chi connectivity index (χ3n) is 4.36. The van der Waals surface area contributed by atoms with Gasteiger partial charge in [-0.3, -0.25) is 4.79 Å². The molecule has 0 aromatic rings. The van der Waals surface area contributed by atoms with Crippen LogP contribution in [0.15, 0.2) is 0 Å². The van der Waals surface area contributed by atoms with Crippen LogP contribution in [0.5, 0.6) is 0 Å². The Kier molecular flexibility index (Phi) is 8.11. The average molecular weight is 268 g/mol. The van der Waals surface area contributed by atoms with Gasteiger partial charge in [0.2, 0.25) is 5.91 Å². The van der Waals surface area contributed by atoms with Crippen LogP contribution in [-0.4, -0.2) is 25.0 Å². The number of carbonyl (C=O) groups excluding carboxylic acids is 1. The zero-order valence-corrected chi connectivity index (χ0v) is 13.0. The van der Waals surface area contributed by atoms with Crippen molar-refractivity contribution in [1.29, 1.82) is 0 Å². The van der Waals surface area contributed by atoms with Crippen molar-refractivity contribution in [3.05, 3.63) is 0 Å². The minimum absolute atomic E-state index is 0.0561. The quantitative estimate of drug-likeness (QED) is 0.664. The summed E-state index contributed by atoms with van der Waals surface area (Å²) in [7, 11) is 0. The number of amides is 1. The Morgan fingerprint density at radius 3 is 2.53 bits per heavy atom. The summed E-state index contributed by atoms with van der Waals surface area (Å²) < 4.78 is 0. The highest BCUT2D eigenvalue weighted by Crippen LogP contribution is 2.29. The van der Waals surface area contributed by atoms with Crippen molar-refractivity contribution in [3.63, 3.8) is 0 Å². The lowest BCUT2D eigenvalue weighted by Crippen LogP contribution is -2.43. The normalized spacial score (nSPS) is 25.0. The van der Waals surface area contributed by atoms with Crippen molar-refractivity contribution >= 4 is 5.91 Å². The highest BCUT2D eigenvalue weighted by Gasteiger charge is 2.18. The molecule has 0 aromatic carbocycles. The number of unbranched alkanes of at least 4 members (excludes halogenated alkanes) is 1. The summed E-state index contributed by atoms with van der Waals surface area (Å²) in [6.07, 6.45) is 8.94. The number of nitrogens with one attached hydrogen (secondary N) is 2. The molecule has 1 unspecified atom stereocenters. The number of hydrogen-bond acceptors (Lipinski definition) is 2. The number of hydrogen-bond donors (Lipinski definition) is 2. The van der Waals surface area contributed by atoms with Crippen LogP contribution in [0.25, 0.3) is 0 Å². The first kappa shape index (κ1) is 16.5. The Hall–Kier alpha value is -0.570. The van der Waals surface area contributed by atoms with E-state index in [0.717, 1.165) is 37.8 Å². The van der Waals surface area contributed by atoms with Crippen LogP contribution in [0.2, 0.25) is 0 Å². The van der Waals surface area contributed by atoms with Gasteiger partial charge in [0.15, 0.2) is 0 Å². The summed E-state index contributed by atoms with van der Waals surface area (Å²) in [4.78, 5) is 11.8. The van der Waals surface area contributed by atoms with Gasteiger partial charge in [-0.1, -0.05) is 46.0 Å². The standard InChI is InChI=1S/C16H32N2O/c1-4-5-11-18-16(19)14(3)17-12-10-15-8-6-13(2)7-9-15/h13-15,17H,4-12H2,1-3H3,(H,18,19). The fourth-order valence-corrected chi connectivity index (χ4v) is 2.76. The Balaban J connectivity index is 2.06. The summed E-state index contributed by atoms with van der Waals surface area (Å²) in [5, 5.41) is 6.33. The van der Waals surface area contributed by atoms with E-state index in [1.165, 1.54) is 32.1 Å². The first-order valence-corrected chi connectivity index (χ1v) is 8.14. The van der Waals surface area contributed by atoms with Crippen LogP contribution in [0.4, 0.5) is 0 Å². The zero-order valence-electron chi connectivity index (χ0n) is 13.0. The largest absolute Gasteiger partial charge is 0.355 e. The summed E-state index contributed by atoms with van der Waals surface area (Å²) in [6.45, 7) is 8.24. The van der Waals surface area contributed by atoms with Crippen molar-refractivity contribution in [2.24, 2.45) is 11.8 Å². The summed E-state index contributed by atoms with van der Waals surface area (Å²) in [6, 6.07) is -0.0561. The smallest absolute Gasteiger partial charge is 0.236 e. The van der Waals surface area contributed by atoms with Gasteiger partial charge in [0.25, 0.3) is 0 Å². The van der Waals surface area contributed by atoms with Crippen LogP contribution < -0.4 is 10.6 Å². The zero-order chi connectivity index (χ0) is 14.1. The van der Waals surface area contributed by atoms with Crippen LogP contribution in [0, 0.1) is 11.8 Å². The highest BCUT2D eigenvalue weighted by atomic mass is 16.2. The molecule has 0 bridgehead atoms. The number of rotatable bonds is 8. The van der Waals surface area contributed by atoms with Gasteiger partial charge in [-0.05, 0) is 38.1 Å². The minimum atomic E-state index is -0.0561. The van der Waals surface area contributed by atoms with Gasteiger partial charge in [0.05, 0.1) is 6.04 Å². The van der Waals surface area contributed by atoms with Gasteiger partial charge in [-0.15, -0.1) is 0 Å². The molecule has 1 saturated carbocycles. The fourth-order valence-electron chi connectivity index (χ4n) is 2.76. The van der Waals surface area contributed by atoms with Gasteiger partial charge in [-0.2, -0.15) is 0 Å². The lowest BCUT2D eigenvalue weighted by Gasteiger charge is -2.26. The predicted octanol–water partition coefficient (Wildman–Crippen LogP) is 3.10. The van der Waals surface area contributed by atoms with E-state index in [2.05, 4.69) is 24.5 Å². The van der Waals surface area contributed by atoms with Crippen molar-refractivity contribution in [3.8, 4) is 0 Å². The van der Waals surface area contributed by atoms with Gasteiger partial charge in [0.1, 0.15) is 0 Å². The topological polar surface area (TPSA) is 41.1 Å². The maximum Gasteiger partial charge on any atom is 0.236 e. The lowest BCUT2D eigenvalue weighted by molar-refractivity contribution is -0.122. The van der Waals surface area contributed by atoms with E-state index in [4.69, 9.17) is 0 Å². The second-order valence-corrected chi connectivity index (χ2v) is 6.23. The summed E-state index contributed by atoms with van der Waals surface area (Å²) >= 11 is 0. The second-order valence-electron chi connectivity index (χ2n) is 6.23. The minimum Gasteiger partial charge on any atom is -0.355 e. The second kappa shape index (κ2) is 9.35. The molecule has 112 valence electrons. The Morgan fingerprint density at radius 1 is 1.21 bits per heavy atom. The molecule has 0 radical (unpaired) electrons. The molecule has 0 heterocycles. The van der Waals surface area contributed by atoms with E-state index in [-0.39, 0.29) is 11.9 Å². The predicted molar refractivity (Wildman–Crippen MR) is 81.1 cm³/mol. The molecule has 1 aliphatic rings. The van der Waals surface area contributed by atoms with E-state index in [9.17, 15) is 4.79 Å². The maximum absolute atomic E-state index is 11.8. The molecule has 3 nitrogen and oxygen atoms in total. The molecule has 1 rings (SSSR count). The first-order chi connectivity index (χ1) is 9.13. The molecule has 0 aliphatic heterocycles. The third-order valence-corrected chi connectivity index (χ3v) is 4.36. The van der Waals surface area contributed by atoms with Crippen molar-refractivity contribution in [1.82, 2.24) is 10.6 Å². The van der Waals surface area contributed by atoms with E-state index in [1.54, 1.807) is 0 Å². The SMILES string of the molecule is CCCCNC(=O)C(C)NCCC1CCC(C)CC1. The molecule has 19 heavy (non-hydrogen) atoms. The van der Waals surface area contributed by atoms with Crippen molar-refractivity contribution in [2.45, 2.75) is 71.8 Å². The van der Waals surface area contributed by atoms with Crippen LogP contribution in [0.3, 0.4) is 0 Å². The molecule has 0 saturated heterocycles. The molecule has 0 aromatic heterocycles. The Labute approximate surface area is 118 Å². The van der Waals surface area contributed by atoms with Gasteiger partial charge in [-0.25, -0.2) is 0 Å². The average Bonchev–Trinajstić information content (AvgIpc) is 2.41. The highest BCUT2D eigenvalue weighted by molar-refractivity contribution is 5.81. The van der Waals surface area contributed by atoms with Crippen LogP contribution in [0.1, 0.15) is 65.7 Å². The summed E-state index contributed by atoms with van der Waals surface area (Å²) in [5.74, 6) is 1.94. The lowest BCUT2D eigenvalue weighted by atomic mass is 9.81. The van der Waals surface area contributed by atoms with Crippen LogP contribution in [-0.2, 0) is 4.79 Å². The maximum atomic E-state index is 11.8. The Morgan fingerprint density at radius 2 is 1.89 bits per heavy atom. The molecular weight excluding hydrogens is 236 g/mol. The summed E-state index contributed by atoms with van der Waals surface area (Å²) in [5.41, 5.74) is 0. The van der Waals surface area contributed by atoms with E-state index < -0.39 is 0 Å². The van der Waals surface area contributed by atoms with Crippen LogP contribution >= 0.6 is 0 Å². The molecule has 1 amide bonds. The van der Waals surface area contributed by atoms with E-state index in [0.29, 0.717) is 0 Å². The fraction of sp³-hybridized carbons (Fsp3) is 0.938. The van der Waals surface area contributed by atoms with E-state index >= 15 is 0 Å².